The predicted molar refractivity (Wildman–Crippen MR) is 62.3 cm³/mol. The van der Waals surface area contributed by atoms with Crippen molar-refractivity contribution in [2.45, 2.75) is 39.0 Å². The van der Waals surface area contributed by atoms with Gasteiger partial charge in [0.2, 0.25) is 0 Å². The van der Waals surface area contributed by atoms with Crippen molar-refractivity contribution in [1.29, 1.82) is 0 Å². The molecule has 0 nitrogen and oxygen atoms in total. The smallest absolute Gasteiger partial charge is 0.0449 e. The van der Waals surface area contributed by atoms with Gasteiger partial charge in [0.15, 0.2) is 0 Å². The van der Waals surface area contributed by atoms with Crippen LogP contribution in [0.15, 0.2) is 0 Å². The largest absolute Gasteiger partial charge is 0.126 e. The van der Waals surface area contributed by atoms with Crippen molar-refractivity contribution >= 4 is 31.3 Å². The Hall–Kier alpha value is 0.797. The predicted octanol–water partition coefficient (Wildman–Crippen LogP) is 4.20. The van der Waals surface area contributed by atoms with Crippen LogP contribution in [0.25, 0.3) is 0 Å². The Morgan fingerprint density at radius 3 is 1.58 bits per heavy atom. The van der Waals surface area contributed by atoms with Gasteiger partial charge in [-0.3, -0.25) is 0 Å². The van der Waals surface area contributed by atoms with Crippen LogP contribution in [-0.2, 0) is 0 Å². The molecule has 74 valence electrons. The Labute approximate surface area is 87.6 Å². The van der Waals surface area contributed by atoms with Gasteiger partial charge in [-0.15, -0.1) is 23.2 Å². The second-order valence-electron chi connectivity index (χ2n) is 4.86. The lowest BCUT2D eigenvalue weighted by atomic mass is 9.92. The first kappa shape index (κ1) is 12.8. The van der Waals surface area contributed by atoms with E-state index in [1.165, 1.54) is 6.04 Å². The molecule has 0 saturated heterocycles. The van der Waals surface area contributed by atoms with E-state index < -0.39 is 8.07 Å². The van der Waals surface area contributed by atoms with E-state index in [0.717, 1.165) is 6.42 Å². The molecule has 0 aromatic rings. The highest BCUT2D eigenvalue weighted by molar-refractivity contribution is 6.76. The average Bonchev–Trinajstić information content (AvgIpc) is 1.99. The number of rotatable bonds is 5. The molecule has 0 amide bonds. The van der Waals surface area contributed by atoms with E-state index in [4.69, 9.17) is 23.2 Å². The van der Waals surface area contributed by atoms with E-state index in [-0.39, 0.29) is 5.41 Å². The number of halogens is 2. The molecule has 0 aliphatic rings. The molecule has 0 aliphatic heterocycles. The van der Waals surface area contributed by atoms with Crippen molar-refractivity contribution < 1.29 is 0 Å². The zero-order valence-corrected chi connectivity index (χ0v) is 11.1. The van der Waals surface area contributed by atoms with Crippen molar-refractivity contribution in [3.05, 3.63) is 0 Å². The Morgan fingerprint density at radius 2 is 1.50 bits per heavy atom. The lowest BCUT2D eigenvalue weighted by Crippen LogP contribution is -2.35. The molecule has 3 heteroatoms. The third-order valence-electron chi connectivity index (χ3n) is 2.22. The molecule has 0 rings (SSSR count). The highest BCUT2D eigenvalue weighted by Gasteiger charge is 2.32. The maximum absolute atomic E-state index is 5.97. The van der Waals surface area contributed by atoms with E-state index in [1.54, 1.807) is 0 Å². The van der Waals surface area contributed by atoms with Crippen LogP contribution < -0.4 is 0 Å². The van der Waals surface area contributed by atoms with Gasteiger partial charge in [0.25, 0.3) is 0 Å². The summed E-state index contributed by atoms with van der Waals surface area (Å²) in [5.41, 5.74) is 0.202. The van der Waals surface area contributed by atoms with Crippen molar-refractivity contribution in [3.8, 4) is 0 Å². The second-order valence-corrected chi connectivity index (χ2v) is 10.9. The minimum atomic E-state index is -1.02. The lowest BCUT2D eigenvalue weighted by molar-refractivity contribution is 0.405. The fraction of sp³-hybridized carbons (Fsp3) is 1.00. The summed E-state index contributed by atoms with van der Waals surface area (Å²) in [6.07, 6.45) is 1.10. The summed E-state index contributed by atoms with van der Waals surface area (Å²) in [6.45, 7) is 9.30. The Morgan fingerprint density at radius 1 is 1.08 bits per heavy atom. The van der Waals surface area contributed by atoms with Crippen LogP contribution in [0.1, 0.15) is 13.3 Å². The summed E-state index contributed by atoms with van der Waals surface area (Å²) >= 11 is 11.9. The SMILES string of the molecule is CCC(CCl)(CCl)C[Si](C)(C)C. The quantitative estimate of drug-likeness (QED) is 0.487. The first-order valence-electron chi connectivity index (χ1n) is 4.51. The van der Waals surface area contributed by atoms with E-state index in [2.05, 4.69) is 26.6 Å². The molecule has 0 aromatic heterocycles. The fourth-order valence-corrected chi connectivity index (χ4v) is 5.49. The third kappa shape index (κ3) is 4.15. The highest BCUT2D eigenvalue weighted by atomic mass is 35.5. The number of alkyl halides is 2. The van der Waals surface area contributed by atoms with Crippen LogP contribution in [0.4, 0.5) is 0 Å². The van der Waals surface area contributed by atoms with Gasteiger partial charge >= 0.3 is 0 Å². The molecule has 12 heavy (non-hydrogen) atoms. The summed E-state index contributed by atoms with van der Waals surface area (Å²) in [5, 5.41) is 0. The maximum atomic E-state index is 5.97. The highest BCUT2D eigenvalue weighted by Crippen LogP contribution is 2.35. The van der Waals surface area contributed by atoms with Crippen molar-refractivity contribution in [2.24, 2.45) is 5.41 Å². The topological polar surface area (TPSA) is 0 Å². The first-order chi connectivity index (χ1) is 5.39. The summed E-state index contributed by atoms with van der Waals surface area (Å²) in [6, 6.07) is 1.24. The van der Waals surface area contributed by atoms with E-state index in [9.17, 15) is 0 Å². The van der Waals surface area contributed by atoms with Gasteiger partial charge in [0.1, 0.15) is 0 Å². The third-order valence-corrected chi connectivity index (χ3v) is 5.17. The molecule has 0 bridgehead atoms. The molecule has 0 aromatic carbocycles. The minimum Gasteiger partial charge on any atom is -0.126 e. The van der Waals surface area contributed by atoms with Crippen LogP contribution >= 0.6 is 23.2 Å². The molecule has 0 radical (unpaired) electrons. The summed E-state index contributed by atoms with van der Waals surface area (Å²) < 4.78 is 0. The Balaban J connectivity index is 4.30. The molecule has 0 saturated carbocycles. The second kappa shape index (κ2) is 4.87. The molecule has 0 aliphatic carbocycles. The maximum Gasteiger partial charge on any atom is 0.0449 e. The zero-order chi connectivity index (χ0) is 9.83. The fourth-order valence-electron chi connectivity index (χ4n) is 1.57. The van der Waals surface area contributed by atoms with Gasteiger partial charge in [0.05, 0.1) is 0 Å². The molecular formula is C9H20Cl2Si. The van der Waals surface area contributed by atoms with Crippen LogP contribution in [0.2, 0.25) is 25.7 Å². The van der Waals surface area contributed by atoms with Gasteiger partial charge in [-0.1, -0.05) is 26.6 Å². The zero-order valence-electron chi connectivity index (χ0n) is 8.58. The van der Waals surface area contributed by atoms with E-state index in [0.29, 0.717) is 11.8 Å². The number of hydrogen-bond donors (Lipinski definition) is 0. The first-order valence-corrected chi connectivity index (χ1v) is 9.29. The summed E-state index contributed by atoms with van der Waals surface area (Å²) in [7, 11) is -1.02. The molecule has 0 heterocycles. The molecule has 0 spiro atoms. The molecule has 0 N–H and O–H groups in total. The van der Waals surface area contributed by atoms with Gasteiger partial charge in [-0.05, 0) is 17.9 Å². The normalized spacial score (nSPS) is 13.5. The van der Waals surface area contributed by atoms with Gasteiger partial charge in [-0.2, -0.15) is 0 Å². The summed E-state index contributed by atoms with van der Waals surface area (Å²) in [4.78, 5) is 0. The standard InChI is InChI=1S/C9H20Cl2Si/c1-5-9(6-10,7-11)8-12(2,3)4/h5-8H2,1-4H3. The van der Waals surface area contributed by atoms with E-state index >= 15 is 0 Å². The number of hydrogen-bond acceptors (Lipinski definition) is 0. The summed E-state index contributed by atoms with van der Waals surface area (Å²) in [5.74, 6) is 1.41. The van der Waals surface area contributed by atoms with Crippen LogP contribution in [0.3, 0.4) is 0 Å². The average molecular weight is 227 g/mol. The monoisotopic (exact) mass is 226 g/mol. The van der Waals surface area contributed by atoms with E-state index in [1.807, 2.05) is 0 Å². The van der Waals surface area contributed by atoms with Gasteiger partial charge in [-0.25, -0.2) is 0 Å². The molecule has 0 atom stereocenters. The molecular weight excluding hydrogens is 207 g/mol. The Kier molecular flexibility index (Phi) is 5.20. The minimum absolute atomic E-state index is 0.202. The van der Waals surface area contributed by atoms with Crippen LogP contribution in [-0.4, -0.2) is 19.8 Å². The lowest BCUT2D eigenvalue weighted by Gasteiger charge is -2.34. The van der Waals surface area contributed by atoms with Crippen molar-refractivity contribution in [1.82, 2.24) is 0 Å². The Bertz CT molecular complexity index is 117. The van der Waals surface area contributed by atoms with Crippen LogP contribution in [0.5, 0.6) is 0 Å². The van der Waals surface area contributed by atoms with Gasteiger partial charge < -0.3 is 0 Å². The molecule has 0 fully saturated rings. The van der Waals surface area contributed by atoms with Crippen molar-refractivity contribution in [3.63, 3.8) is 0 Å². The van der Waals surface area contributed by atoms with Gasteiger partial charge in [0, 0.05) is 19.8 Å². The van der Waals surface area contributed by atoms with Crippen molar-refractivity contribution in [2.75, 3.05) is 11.8 Å². The van der Waals surface area contributed by atoms with Crippen LogP contribution in [0, 0.1) is 5.41 Å². The molecule has 0 unspecified atom stereocenters.